The van der Waals surface area contributed by atoms with Crippen LogP contribution in [0.2, 0.25) is 25.7 Å². The van der Waals surface area contributed by atoms with Gasteiger partial charge in [-0.15, -0.1) is 0 Å². The van der Waals surface area contributed by atoms with Crippen LogP contribution in [0.1, 0.15) is 25.5 Å². The topological polar surface area (TPSA) is 75.2 Å². The minimum atomic E-state index is -4.56. The zero-order chi connectivity index (χ0) is 20.2. The van der Waals surface area contributed by atoms with Gasteiger partial charge in [0.1, 0.15) is 18.2 Å². The molecule has 27 heavy (non-hydrogen) atoms. The molecule has 2 aromatic rings. The highest BCUT2D eigenvalue weighted by molar-refractivity contribution is 6.76. The predicted octanol–water partition coefficient (Wildman–Crippen LogP) is 4.52. The van der Waals surface area contributed by atoms with Crippen LogP contribution in [0, 0.1) is 0 Å². The van der Waals surface area contributed by atoms with Gasteiger partial charge >= 0.3 is 12.2 Å². The van der Waals surface area contributed by atoms with E-state index in [1.165, 1.54) is 0 Å². The Morgan fingerprint density at radius 2 is 1.89 bits per heavy atom. The Morgan fingerprint density at radius 3 is 2.48 bits per heavy atom. The highest BCUT2D eigenvalue weighted by Gasteiger charge is 2.36. The zero-order valence-corrected chi connectivity index (χ0v) is 17.2. The molecule has 0 bridgehead atoms. The Bertz CT molecular complexity index is 772. The fourth-order valence-electron chi connectivity index (χ4n) is 2.40. The van der Waals surface area contributed by atoms with Gasteiger partial charge in [-0.1, -0.05) is 33.0 Å². The second-order valence-electron chi connectivity index (χ2n) is 7.63. The number of fused-ring (bicyclic) bond motifs is 1. The highest BCUT2D eigenvalue weighted by atomic mass is 28.3. The van der Waals surface area contributed by atoms with Crippen LogP contribution in [-0.2, 0) is 17.6 Å². The number of hydrogen-bond donors (Lipinski definition) is 1. The lowest BCUT2D eigenvalue weighted by Gasteiger charge is -2.17. The first-order valence-electron chi connectivity index (χ1n) is 8.97. The number of nitrogens with zero attached hydrogens (tertiary/aromatic N) is 3. The van der Waals surface area contributed by atoms with Crippen LogP contribution < -0.4 is 10.5 Å². The number of unbranched alkanes of at least 4 members (excludes halogenated alkanes) is 1. The standard InChI is InChI=1S/C17H27F3N4O2Si/c1-5-6-7-26-16-22-14(21)12-10-13(17(18,19)20)24(15(12)23-16)11-25-8-9-27(2,3)4/h10H,5-9,11H2,1-4H3,(H2,21,22,23). The van der Waals surface area contributed by atoms with Crippen LogP contribution in [0.4, 0.5) is 19.0 Å². The van der Waals surface area contributed by atoms with E-state index in [-0.39, 0.29) is 29.6 Å². The molecule has 0 amide bonds. The highest BCUT2D eigenvalue weighted by Crippen LogP contribution is 2.35. The molecule has 0 unspecified atom stereocenters. The summed E-state index contributed by atoms with van der Waals surface area (Å²) in [6.07, 6.45) is -2.86. The van der Waals surface area contributed by atoms with E-state index in [9.17, 15) is 13.2 Å². The van der Waals surface area contributed by atoms with E-state index < -0.39 is 19.9 Å². The first-order valence-corrected chi connectivity index (χ1v) is 12.7. The van der Waals surface area contributed by atoms with E-state index in [1.54, 1.807) is 0 Å². The van der Waals surface area contributed by atoms with E-state index in [1.807, 2.05) is 6.92 Å². The van der Waals surface area contributed by atoms with Crippen LogP contribution >= 0.6 is 0 Å². The van der Waals surface area contributed by atoms with Crippen molar-refractivity contribution in [2.75, 3.05) is 18.9 Å². The third kappa shape index (κ3) is 5.83. The van der Waals surface area contributed by atoms with Crippen molar-refractivity contribution in [1.29, 1.82) is 0 Å². The molecule has 152 valence electrons. The van der Waals surface area contributed by atoms with Gasteiger partial charge in [-0.2, -0.15) is 23.1 Å². The fourth-order valence-corrected chi connectivity index (χ4v) is 3.16. The maximum atomic E-state index is 13.5. The summed E-state index contributed by atoms with van der Waals surface area (Å²) < 4.78 is 52.4. The summed E-state index contributed by atoms with van der Waals surface area (Å²) in [5.74, 6) is -0.0437. The lowest BCUT2D eigenvalue weighted by Crippen LogP contribution is -2.22. The summed E-state index contributed by atoms with van der Waals surface area (Å²) in [6, 6.07) is 1.79. The molecule has 2 rings (SSSR count). The number of aromatic nitrogens is 3. The lowest BCUT2D eigenvalue weighted by atomic mass is 10.3. The summed E-state index contributed by atoms with van der Waals surface area (Å²) in [5, 5.41) is 0.138. The van der Waals surface area contributed by atoms with Crippen LogP contribution in [0.5, 0.6) is 6.01 Å². The second-order valence-corrected chi connectivity index (χ2v) is 13.3. The summed E-state index contributed by atoms with van der Waals surface area (Å²) >= 11 is 0. The van der Waals surface area contributed by atoms with Crippen LogP contribution in [0.15, 0.2) is 6.07 Å². The monoisotopic (exact) mass is 404 g/mol. The summed E-state index contributed by atoms with van der Waals surface area (Å²) in [6.45, 7) is 9.05. The van der Waals surface area contributed by atoms with E-state index in [0.29, 0.717) is 13.2 Å². The maximum Gasteiger partial charge on any atom is 0.431 e. The maximum absolute atomic E-state index is 13.5. The molecule has 0 aliphatic heterocycles. The van der Waals surface area contributed by atoms with E-state index in [4.69, 9.17) is 15.2 Å². The first kappa shape index (κ1) is 21.5. The number of rotatable bonds is 9. The normalized spacial score (nSPS) is 12.7. The number of alkyl halides is 3. The molecule has 0 aliphatic carbocycles. The van der Waals surface area contributed by atoms with Crippen molar-refractivity contribution in [2.24, 2.45) is 0 Å². The lowest BCUT2D eigenvalue weighted by molar-refractivity contribution is -0.145. The van der Waals surface area contributed by atoms with Gasteiger partial charge in [-0.3, -0.25) is 4.57 Å². The predicted molar refractivity (Wildman–Crippen MR) is 101 cm³/mol. The van der Waals surface area contributed by atoms with Crippen molar-refractivity contribution in [3.8, 4) is 6.01 Å². The Morgan fingerprint density at radius 1 is 1.19 bits per heavy atom. The summed E-state index contributed by atoms with van der Waals surface area (Å²) in [7, 11) is -1.34. The van der Waals surface area contributed by atoms with Gasteiger partial charge in [0.15, 0.2) is 5.65 Å². The molecule has 0 fully saturated rings. The smallest absolute Gasteiger partial charge is 0.431 e. The molecule has 10 heteroatoms. The number of halogens is 3. The Hall–Kier alpha value is -1.81. The molecule has 0 aliphatic rings. The van der Waals surface area contributed by atoms with Gasteiger partial charge in [0, 0.05) is 14.7 Å². The van der Waals surface area contributed by atoms with Crippen LogP contribution in [-0.4, -0.2) is 35.8 Å². The van der Waals surface area contributed by atoms with E-state index >= 15 is 0 Å². The second kappa shape index (κ2) is 8.47. The Kier molecular flexibility index (Phi) is 6.74. The van der Waals surface area contributed by atoms with Crippen LogP contribution in [0.25, 0.3) is 11.0 Å². The molecule has 6 nitrogen and oxygen atoms in total. The van der Waals surface area contributed by atoms with Gasteiger partial charge in [-0.05, 0) is 18.5 Å². The first-order chi connectivity index (χ1) is 12.5. The molecule has 2 heterocycles. The molecule has 0 spiro atoms. The molecule has 0 aromatic carbocycles. The van der Waals surface area contributed by atoms with Crippen molar-refractivity contribution < 1.29 is 22.6 Å². The van der Waals surface area contributed by atoms with Crippen molar-refractivity contribution in [2.45, 2.75) is 58.4 Å². The molecular formula is C17H27F3N4O2Si. The van der Waals surface area contributed by atoms with Crippen LogP contribution in [0.3, 0.4) is 0 Å². The zero-order valence-electron chi connectivity index (χ0n) is 16.2. The largest absolute Gasteiger partial charge is 0.463 e. The fraction of sp³-hybridized carbons (Fsp3) is 0.647. The molecule has 0 saturated heterocycles. The SMILES string of the molecule is CCCCOc1nc(N)c2cc(C(F)(F)F)n(COCC[Si](C)(C)C)c2n1. The molecular weight excluding hydrogens is 377 g/mol. The minimum absolute atomic E-state index is 0.0244. The summed E-state index contributed by atoms with van der Waals surface area (Å²) in [5.41, 5.74) is 5.05. The quantitative estimate of drug-likeness (QED) is 0.491. The average molecular weight is 405 g/mol. The Labute approximate surface area is 157 Å². The minimum Gasteiger partial charge on any atom is -0.463 e. The van der Waals surface area contributed by atoms with Gasteiger partial charge in [-0.25, -0.2) is 0 Å². The molecule has 2 aromatic heterocycles. The molecule has 0 radical (unpaired) electrons. The molecule has 0 saturated carbocycles. The molecule has 2 N–H and O–H groups in total. The van der Waals surface area contributed by atoms with Crippen molar-refractivity contribution in [1.82, 2.24) is 14.5 Å². The number of hydrogen-bond acceptors (Lipinski definition) is 5. The third-order valence-corrected chi connectivity index (χ3v) is 5.70. The van der Waals surface area contributed by atoms with Gasteiger partial charge in [0.25, 0.3) is 0 Å². The number of anilines is 1. The Balaban J connectivity index is 2.34. The van der Waals surface area contributed by atoms with Gasteiger partial charge < -0.3 is 15.2 Å². The molecule has 0 atom stereocenters. The van der Waals surface area contributed by atoms with Crippen molar-refractivity contribution in [3.63, 3.8) is 0 Å². The summed E-state index contributed by atoms with van der Waals surface area (Å²) in [4.78, 5) is 8.11. The van der Waals surface area contributed by atoms with E-state index in [0.717, 1.165) is 29.5 Å². The average Bonchev–Trinajstić information content (AvgIpc) is 2.90. The van der Waals surface area contributed by atoms with E-state index in [2.05, 4.69) is 29.6 Å². The number of nitrogens with two attached hydrogens (primary N) is 1. The number of ether oxygens (including phenoxy) is 2. The third-order valence-electron chi connectivity index (χ3n) is 4.00. The van der Waals surface area contributed by atoms with Crippen molar-refractivity contribution in [3.05, 3.63) is 11.8 Å². The van der Waals surface area contributed by atoms with Crippen molar-refractivity contribution >= 4 is 24.9 Å². The van der Waals surface area contributed by atoms with Gasteiger partial charge in [0.2, 0.25) is 0 Å². The number of nitrogen functional groups attached to an aromatic ring is 1. The van der Waals surface area contributed by atoms with Gasteiger partial charge in [0.05, 0.1) is 12.0 Å².